The van der Waals surface area contributed by atoms with Crippen LogP contribution in [0.15, 0.2) is 0 Å². The van der Waals surface area contributed by atoms with Crippen molar-refractivity contribution in [2.24, 2.45) is 0 Å². The Bertz CT molecular complexity index is 38.5. The van der Waals surface area contributed by atoms with Crippen LogP contribution in [0.3, 0.4) is 0 Å². The maximum absolute atomic E-state index is 8.49. The van der Waals surface area contributed by atoms with Crippen LogP contribution in [0.2, 0.25) is 19.6 Å². The van der Waals surface area contributed by atoms with Crippen LogP contribution in [0.1, 0.15) is 0 Å². The van der Waals surface area contributed by atoms with Gasteiger partial charge in [0.05, 0.1) is 7.59 Å². The topological polar surface area (TPSA) is 20.2 Å². The van der Waals surface area contributed by atoms with Gasteiger partial charge in [-0.25, -0.2) is 0 Å². The van der Waals surface area contributed by atoms with Crippen LogP contribution >= 0.6 is 0 Å². The highest BCUT2D eigenvalue weighted by atomic mass is 29.2. The molecule has 0 atom stereocenters. The van der Waals surface area contributed by atoms with Gasteiger partial charge >= 0.3 is 0 Å². The molecule has 1 N–H and O–H groups in total. The van der Waals surface area contributed by atoms with E-state index >= 15 is 0 Å². The Morgan fingerprint density at radius 3 is 1.50 bits per heavy atom. The molecule has 0 fully saturated rings. The Kier molecular flexibility index (Phi) is 2.03. The van der Waals surface area contributed by atoms with E-state index in [4.69, 9.17) is 4.80 Å². The Hall–Kier alpha value is 0.394. The number of hydrogen-bond donors (Lipinski definition) is 1. The predicted octanol–water partition coefficient (Wildman–Crippen LogP) is 0.433. The molecule has 2 radical (unpaired) electrons. The van der Waals surface area contributed by atoms with Crippen LogP contribution in [0.5, 0.6) is 0 Å². The monoisotopic (exact) mass is 118 g/mol. The van der Waals surface area contributed by atoms with E-state index in [-0.39, 0.29) is 9.28 Å². The van der Waals surface area contributed by atoms with Crippen LogP contribution in [-0.4, -0.2) is 21.7 Å². The van der Waals surface area contributed by atoms with Gasteiger partial charge in [-0.2, -0.15) is 0 Å². The van der Waals surface area contributed by atoms with Gasteiger partial charge in [0.1, 0.15) is 0 Å². The Labute approximate surface area is 42.1 Å². The summed E-state index contributed by atoms with van der Waals surface area (Å²) in [5, 5.41) is 0. The van der Waals surface area contributed by atoms with Crippen molar-refractivity contribution in [2.75, 3.05) is 0 Å². The molecule has 0 aliphatic carbocycles. The van der Waals surface area contributed by atoms with Crippen molar-refractivity contribution in [1.29, 1.82) is 0 Å². The van der Waals surface area contributed by atoms with Gasteiger partial charge in [-0.05, 0) is 0 Å². The van der Waals surface area contributed by atoms with Crippen molar-refractivity contribution in [3.8, 4) is 0 Å². The van der Waals surface area contributed by atoms with Gasteiger partial charge in [-0.15, -0.1) is 0 Å². The quantitative estimate of drug-likeness (QED) is 0.495. The lowest BCUT2D eigenvalue weighted by molar-refractivity contribution is 0.618. The molecule has 0 saturated carbocycles. The van der Waals surface area contributed by atoms with Crippen molar-refractivity contribution in [3.63, 3.8) is 0 Å². The average molecular weight is 118 g/mol. The largest absolute Gasteiger partial charge is 0.435 e. The van der Waals surface area contributed by atoms with E-state index < -0.39 is 7.59 Å². The lowest BCUT2D eigenvalue weighted by Crippen LogP contribution is -2.29. The van der Waals surface area contributed by atoms with E-state index in [1.165, 1.54) is 0 Å². The van der Waals surface area contributed by atoms with Gasteiger partial charge in [-0.1, -0.05) is 19.6 Å². The lowest BCUT2D eigenvalue weighted by Gasteiger charge is -2.05. The van der Waals surface area contributed by atoms with Crippen LogP contribution < -0.4 is 0 Å². The van der Waals surface area contributed by atoms with Crippen LogP contribution in [0.4, 0.5) is 0 Å². The van der Waals surface area contributed by atoms with E-state index in [9.17, 15) is 0 Å². The second-order valence-electron chi connectivity index (χ2n) is 2.36. The lowest BCUT2D eigenvalue weighted by atomic mass is 11.8. The Morgan fingerprint density at radius 2 is 1.50 bits per heavy atom. The molecule has 0 aliphatic heterocycles. The van der Waals surface area contributed by atoms with Crippen LogP contribution in [0, 0.1) is 0 Å². The minimum Gasteiger partial charge on any atom is -0.435 e. The van der Waals surface area contributed by atoms with E-state index in [1.54, 1.807) is 0 Å². The summed E-state index contributed by atoms with van der Waals surface area (Å²) in [5.41, 5.74) is 0. The molecule has 0 aliphatic rings. The first-order valence-electron chi connectivity index (χ1n) is 1.97. The zero-order chi connectivity index (χ0) is 5.21. The Balaban J connectivity index is 3.17. The smallest absolute Gasteiger partial charge is 0.206 e. The molecule has 0 heterocycles. The van der Waals surface area contributed by atoms with Gasteiger partial charge in [0, 0.05) is 0 Å². The van der Waals surface area contributed by atoms with Gasteiger partial charge in [0.2, 0.25) is 9.28 Å². The first kappa shape index (κ1) is 6.39. The maximum Gasteiger partial charge on any atom is 0.206 e. The third kappa shape index (κ3) is 4.39. The second-order valence-corrected chi connectivity index (χ2v) is 12.3. The highest BCUT2D eigenvalue weighted by Gasteiger charge is 2.11. The fraction of sp³-hybridized carbons (Fsp3) is 1.00. The molecular formula is C3H10OSi2. The van der Waals surface area contributed by atoms with E-state index in [0.29, 0.717) is 0 Å². The van der Waals surface area contributed by atoms with Gasteiger partial charge in [-0.3, -0.25) is 0 Å². The molecule has 0 rings (SSSR count). The summed E-state index contributed by atoms with van der Waals surface area (Å²) < 4.78 is 0. The molecule has 0 amide bonds. The normalized spacial score (nSPS) is 12.0. The van der Waals surface area contributed by atoms with Crippen molar-refractivity contribution >= 4 is 16.9 Å². The van der Waals surface area contributed by atoms with Crippen LogP contribution in [-0.2, 0) is 0 Å². The van der Waals surface area contributed by atoms with Crippen LogP contribution in [0.25, 0.3) is 0 Å². The summed E-state index contributed by atoms with van der Waals surface area (Å²) in [4.78, 5) is 8.49. The van der Waals surface area contributed by atoms with Crippen molar-refractivity contribution in [1.82, 2.24) is 0 Å². The Morgan fingerprint density at radius 1 is 1.33 bits per heavy atom. The second kappa shape index (κ2) is 1.90. The molecule has 0 aromatic rings. The summed E-state index contributed by atoms with van der Waals surface area (Å²) in [5.74, 6) is 0. The van der Waals surface area contributed by atoms with Crippen molar-refractivity contribution in [2.45, 2.75) is 19.6 Å². The highest BCUT2D eigenvalue weighted by molar-refractivity contribution is 7.20. The highest BCUT2D eigenvalue weighted by Crippen LogP contribution is 1.92. The SMILES string of the molecule is C[Si](C)(C)[Si]O. The first-order valence-corrected chi connectivity index (χ1v) is 7.42. The summed E-state index contributed by atoms with van der Waals surface area (Å²) in [7, 11) is -0.842. The number of rotatable bonds is 1. The predicted molar refractivity (Wildman–Crippen MR) is 31.3 cm³/mol. The van der Waals surface area contributed by atoms with E-state index in [2.05, 4.69) is 19.6 Å². The van der Waals surface area contributed by atoms with Crippen molar-refractivity contribution in [3.05, 3.63) is 0 Å². The third-order valence-corrected chi connectivity index (χ3v) is 3.02. The molecule has 0 aromatic heterocycles. The molecular weight excluding hydrogens is 108 g/mol. The fourth-order valence-electron chi connectivity index (χ4n) is 0. The molecule has 0 unspecified atom stereocenters. The molecule has 1 nitrogen and oxygen atoms in total. The molecule has 0 spiro atoms. The molecule has 0 bridgehead atoms. The van der Waals surface area contributed by atoms with Gasteiger partial charge in [0.25, 0.3) is 0 Å². The summed E-state index contributed by atoms with van der Waals surface area (Å²) >= 11 is 0. The zero-order valence-corrected chi connectivity index (χ0v) is 6.45. The summed E-state index contributed by atoms with van der Waals surface area (Å²) in [6, 6.07) is 0. The average Bonchev–Trinajstić information content (AvgIpc) is 1.35. The fourth-order valence-corrected chi connectivity index (χ4v) is 0. The molecule has 36 valence electrons. The maximum atomic E-state index is 8.49. The summed E-state index contributed by atoms with van der Waals surface area (Å²) in [6.45, 7) is 6.43. The van der Waals surface area contributed by atoms with Crippen molar-refractivity contribution < 1.29 is 4.80 Å². The third-order valence-electron chi connectivity index (χ3n) is 0.335. The van der Waals surface area contributed by atoms with E-state index in [0.717, 1.165) is 0 Å². The molecule has 6 heavy (non-hydrogen) atoms. The van der Waals surface area contributed by atoms with E-state index in [1.807, 2.05) is 0 Å². The minimum absolute atomic E-state index is 0.206. The van der Waals surface area contributed by atoms with Gasteiger partial charge in [0.15, 0.2) is 0 Å². The standard InChI is InChI=1S/C3H10OSi2/c1-6(2,3)5-4/h4H,1-3H3. The minimum atomic E-state index is -1.05. The molecule has 0 aromatic carbocycles. The molecule has 3 heteroatoms. The summed E-state index contributed by atoms with van der Waals surface area (Å²) in [6.07, 6.45) is 0. The first-order chi connectivity index (χ1) is 2.56. The number of hydrogen-bond acceptors (Lipinski definition) is 1. The van der Waals surface area contributed by atoms with Gasteiger partial charge < -0.3 is 4.80 Å². The molecule has 0 saturated heterocycles. The zero-order valence-electron chi connectivity index (χ0n) is 4.45.